The summed E-state index contributed by atoms with van der Waals surface area (Å²) in [4.78, 5) is 27.6. The van der Waals surface area contributed by atoms with E-state index in [-0.39, 0.29) is 30.7 Å². The van der Waals surface area contributed by atoms with Gasteiger partial charge in [-0.15, -0.1) is 0 Å². The van der Waals surface area contributed by atoms with Crippen LogP contribution in [0.1, 0.15) is 11.1 Å². The predicted molar refractivity (Wildman–Crippen MR) is 117 cm³/mol. The van der Waals surface area contributed by atoms with Gasteiger partial charge in [0.2, 0.25) is 12.7 Å². The van der Waals surface area contributed by atoms with E-state index in [0.29, 0.717) is 11.3 Å². The molecule has 0 atom stereocenters. The molecule has 0 radical (unpaired) electrons. The first-order valence-electron chi connectivity index (χ1n) is 10.4. The van der Waals surface area contributed by atoms with Crippen molar-refractivity contribution in [3.8, 4) is 17.2 Å². The van der Waals surface area contributed by atoms with Gasteiger partial charge in [-0.1, -0.05) is 6.07 Å². The monoisotopic (exact) mass is 442 g/mol. The molecule has 1 N–H and O–H groups in total. The Kier molecular flexibility index (Phi) is 6.42. The predicted octanol–water partition coefficient (Wildman–Crippen LogP) is 2.40. The second-order valence-electron chi connectivity index (χ2n) is 7.88. The van der Waals surface area contributed by atoms with Gasteiger partial charge in [0.05, 0.1) is 18.6 Å². The summed E-state index contributed by atoms with van der Waals surface area (Å²) in [5.41, 5.74) is 2.17. The van der Waals surface area contributed by atoms with Gasteiger partial charge in [0.15, 0.2) is 17.2 Å². The summed E-state index contributed by atoms with van der Waals surface area (Å²) in [5, 5.41) is 14.0. The number of nitrogens with one attached hydrogen (secondary N) is 1. The summed E-state index contributed by atoms with van der Waals surface area (Å²) in [7, 11) is 1.37. The molecule has 10 heteroatoms. The zero-order chi connectivity index (χ0) is 22.7. The number of rotatable bonds is 7. The molecule has 4 rings (SSSR count). The van der Waals surface area contributed by atoms with E-state index >= 15 is 0 Å². The fraction of sp³-hybridized carbons (Fsp3) is 0.409. The Bertz CT molecular complexity index is 1020. The number of benzene rings is 2. The number of carbonyl (C=O) groups excluding carboxylic acids is 1. The molecule has 0 aromatic heterocycles. The fourth-order valence-corrected chi connectivity index (χ4v) is 3.91. The van der Waals surface area contributed by atoms with Gasteiger partial charge >= 0.3 is 5.69 Å². The third-order valence-corrected chi connectivity index (χ3v) is 5.67. The molecule has 32 heavy (non-hydrogen) atoms. The molecule has 2 heterocycles. The minimum Gasteiger partial charge on any atom is -0.490 e. The van der Waals surface area contributed by atoms with E-state index in [2.05, 4.69) is 15.1 Å². The van der Waals surface area contributed by atoms with E-state index in [0.717, 1.165) is 44.2 Å². The number of hydrogen-bond acceptors (Lipinski definition) is 8. The number of aryl methyl sites for hydroxylation is 1. The first-order valence-corrected chi connectivity index (χ1v) is 10.4. The maximum Gasteiger partial charge on any atom is 0.311 e. The van der Waals surface area contributed by atoms with Gasteiger partial charge in [0.1, 0.15) is 0 Å². The highest BCUT2D eigenvalue weighted by Crippen LogP contribution is 2.33. The minimum atomic E-state index is -0.500. The van der Waals surface area contributed by atoms with Gasteiger partial charge in [0, 0.05) is 50.5 Å². The van der Waals surface area contributed by atoms with E-state index in [1.807, 2.05) is 18.2 Å². The molecular formula is C22H26N4O6. The highest BCUT2D eigenvalue weighted by molar-refractivity contribution is 5.93. The zero-order valence-corrected chi connectivity index (χ0v) is 18.1. The molecule has 10 nitrogen and oxygen atoms in total. The standard InChI is InChI=1S/C22H26N4O6/c1-15-9-18(26(28)29)20(30-2)11-17(15)23-22(27)13-25-7-5-24(6-8-25)12-16-3-4-19-21(10-16)32-14-31-19/h3-4,9-11H,5-8,12-14H2,1-2H3,(H,23,27). The van der Waals surface area contributed by atoms with Gasteiger partial charge in [-0.2, -0.15) is 0 Å². The van der Waals surface area contributed by atoms with Crippen molar-refractivity contribution in [3.63, 3.8) is 0 Å². The van der Waals surface area contributed by atoms with Gasteiger partial charge in [-0.05, 0) is 30.2 Å². The number of ether oxygens (including phenoxy) is 3. The number of nitrogens with zero attached hydrogens (tertiary/aromatic N) is 3. The Balaban J connectivity index is 1.28. The molecule has 1 fully saturated rings. The fourth-order valence-electron chi connectivity index (χ4n) is 3.91. The molecule has 2 aromatic carbocycles. The van der Waals surface area contributed by atoms with E-state index in [9.17, 15) is 14.9 Å². The first-order chi connectivity index (χ1) is 15.4. The van der Waals surface area contributed by atoms with Crippen molar-refractivity contribution in [1.82, 2.24) is 9.80 Å². The van der Waals surface area contributed by atoms with E-state index < -0.39 is 4.92 Å². The molecule has 0 bridgehead atoms. The van der Waals surface area contributed by atoms with Crippen molar-refractivity contribution in [3.05, 3.63) is 51.6 Å². The van der Waals surface area contributed by atoms with Crippen LogP contribution in [-0.4, -0.2) is 67.3 Å². The van der Waals surface area contributed by atoms with Crippen LogP contribution in [0.3, 0.4) is 0 Å². The van der Waals surface area contributed by atoms with Gasteiger partial charge in [-0.3, -0.25) is 24.7 Å². The largest absolute Gasteiger partial charge is 0.490 e. The Morgan fingerprint density at radius 2 is 1.84 bits per heavy atom. The molecular weight excluding hydrogens is 416 g/mol. The number of nitro groups is 1. The molecule has 2 aromatic rings. The number of piperazine rings is 1. The highest BCUT2D eigenvalue weighted by Gasteiger charge is 2.22. The molecule has 0 unspecified atom stereocenters. The Morgan fingerprint density at radius 1 is 1.12 bits per heavy atom. The Hall–Kier alpha value is -3.37. The third kappa shape index (κ3) is 4.92. The summed E-state index contributed by atoms with van der Waals surface area (Å²) in [6, 6.07) is 8.91. The van der Waals surface area contributed by atoms with Crippen LogP contribution in [0.15, 0.2) is 30.3 Å². The molecule has 1 amide bonds. The molecule has 0 saturated carbocycles. The molecule has 1 saturated heterocycles. The maximum absolute atomic E-state index is 12.6. The third-order valence-electron chi connectivity index (χ3n) is 5.67. The molecule has 0 spiro atoms. The smallest absolute Gasteiger partial charge is 0.311 e. The molecule has 2 aliphatic heterocycles. The second kappa shape index (κ2) is 9.41. The number of nitro benzene ring substituents is 1. The van der Waals surface area contributed by atoms with E-state index in [1.165, 1.54) is 24.8 Å². The summed E-state index contributed by atoms with van der Waals surface area (Å²) >= 11 is 0. The van der Waals surface area contributed by atoms with Crippen molar-refractivity contribution < 1.29 is 23.9 Å². The van der Waals surface area contributed by atoms with Crippen LogP contribution in [0.5, 0.6) is 17.2 Å². The zero-order valence-electron chi connectivity index (χ0n) is 18.1. The van der Waals surface area contributed by atoms with Crippen molar-refractivity contribution in [1.29, 1.82) is 0 Å². The van der Waals surface area contributed by atoms with Crippen LogP contribution < -0.4 is 19.5 Å². The topological polar surface area (TPSA) is 106 Å². The first kappa shape index (κ1) is 21.8. The number of methoxy groups -OCH3 is 1. The number of anilines is 1. The van der Waals surface area contributed by atoms with Crippen molar-refractivity contribution in [2.24, 2.45) is 0 Å². The number of fused-ring (bicyclic) bond motifs is 1. The average molecular weight is 442 g/mol. The van der Waals surface area contributed by atoms with Gasteiger partial charge in [0.25, 0.3) is 0 Å². The van der Waals surface area contributed by atoms with Crippen LogP contribution >= 0.6 is 0 Å². The van der Waals surface area contributed by atoms with Gasteiger partial charge < -0.3 is 19.5 Å². The highest BCUT2D eigenvalue weighted by atomic mass is 16.7. The van der Waals surface area contributed by atoms with Crippen LogP contribution in [-0.2, 0) is 11.3 Å². The lowest BCUT2D eigenvalue weighted by molar-refractivity contribution is -0.385. The van der Waals surface area contributed by atoms with Gasteiger partial charge in [-0.25, -0.2) is 0 Å². The van der Waals surface area contributed by atoms with Crippen LogP contribution in [0.4, 0.5) is 11.4 Å². The number of hydrogen-bond donors (Lipinski definition) is 1. The van der Waals surface area contributed by atoms with Crippen LogP contribution in [0.2, 0.25) is 0 Å². The summed E-state index contributed by atoms with van der Waals surface area (Å²) in [6.45, 7) is 6.33. The molecule has 2 aliphatic rings. The quantitative estimate of drug-likeness (QED) is 0.515. The molecule has 170 valence electrons. The second-order valence-corrected chi connectivity index (χ2v) is 7.88. The average Bonchev–Trinajstić information content (AvgIpc) is 3.24. The van der Waals surface area contributed by atoms with Crippen LogP contribution in [0, 0.1) is 17.0 Å². The Morgan fingerprint density at radius 3 is 2.56 bits per heavy atom. The lowest BCUT2D eigenvalue weighted by Gasteiger charge is -2.34. The minimum absolute atomic E-state index is 0.119. The number of amides is 1. The summed E-state index contributed by atoms with van der Waals surface area (Å²) in [5.74, 6) is 1.53. The lowest BCUT2D eigenvalue weighted by Crippen LogP contribution is -2.48. The molecule has 0 aliphatic carbocycles. The van der Waals surface area contributed by atoms with Crippen molar-refractivity contribution in [2.75, 3.05) is 51.9 Å². The van der Waals surface area contributed by atoms with Crippen molar-refractivity contribution in [2.45, 2.75) is 13.5 Å². The number of carbonyl (C=O) groups is 1. The van der Waals surface area contributed by atoms with E-state index in [1.54, 1.807) is 6.92 Å². The normalized spacial score (nSPS) is 16.1. The van der Waals surface area contributed by atoms with Crippen molar-refractivity contribution >= 4 is 17.3 Å². The summed E-state index contributed by atoms with van der Waals surface area (Å²) in [6.07, 6.45) is 0. The van der Waals surface area contributed by atoms with Crippen LogP contribution in [0.25, 0.3) is 0 Å². The van der Waals surface area contributed by atoms with E-state index in [4.69, 9.17) is 14.2 Å². The lowest BCUT2D eigenvalue weighted by atomic mass is 10.1. The Labute approximate surface area is 185 Å². The maximum atomic E-state index is 12.6. The SMILES string of the molecule is COc1cc(NC(=O)CN2CCN(Cc3ccc4c(c3)OCO4)CC2)c(C)cc1[N+](=O)[O-]. The summed E-state index contributed by atoms with van der Waals surface area (Å²) < 4.78 is 15.9.